The van der Waals surface area contributed by atoms with E-state index in [9.17, 15) is 9.59 Å². The Labute approximate surface area is 122 Å². The van der Waals surface area contributed by atoms with Gasteiger partial charge in [0.1, 0.15) is 0 Å². The number of aryl methyl sites for hydroxylation is 1. The highest BCUT2D eigenvalue weighted by molar-refractivity contribution is 5.97. The fraction of sp³-hybridized carbons (Fsp3) is 0.214. The van der Waals surface area contributed by atoms with Crippen LogP contribution in [-0.4, -0.2) is 33.5 Å². The van der Waals surface area contributed by atoms with Crippen molar-refractivity contribution in [3.05, 3.63) is 47.3 Å². The predicted octanol–water partition coefficient (Wildman–Crippen LogP) is 0.373. The van der Waals surface area contributed by atoms with E-state index in [0.717, 1.165) is 5.56 Å². The van der Waals surface area contributed by atoms with Gasteiger partial charge < -0.3 is 16.4 Å². The molecule has 7 heteroatoms. The quantitative estimate of drug-likeness (QED) is 0.847. The number of carbonyl (C=O) groups is 2. The molecule has 0 aliphatic carbocycles. The van der Waals surface area contributed by atoms with Crippen LogP contribution in [0.1, 0.15) is 26.4 Å². The van der Waals surface area contributed by atoms with E-state index in [1.807, 2.05) is 0 Å². The monoisotopic (exact) mass is 287 g/mol. The maximum absolute atomic E-state index is 12.3. The molecular weight excluding hydrogens is 270 g/mol. The smallest absolute Gasteiger partial charge is 0.276 e. The lowest BCUT2D eigenvalue weighted by molar-refractivity contribution is 0.0779. The van der Waals surface area contributed by atoms with Crippen LogP contribution in [-0.2, 0) is 13.6 Å². The van der Waals surface area contributed by atoms with Crippen LogP contribution in [0.5, 0.6) is 0 Å². The van der Waals surface area contributed by atoms with Crippen molar-refractivity contribution in [1.82, 2.24) is 14.7 Å². The summed E-state index contributed by atoms with van der Waals surface area (Å²) in [5.41, 5.74) is 12.8. The first-order chi connectivity index (χ1) is 9.88. The van der Waals surface area contributed by atoms with Gasteiger partial charge in [0, 0.05) is 32.4 Å². The van der Waals surface area contributed by atoms with Gasteiger partial charge in [-0.25, -0.2) is 0 Å². The second-order valence-electron chi connectivity index (χ2n) is 4.83. The third-order valence-corrected chi connectivity index (χ3v) is 3.06. The highest BCUT2D eigenvalue weighted by atomic mass is 16.2. The molecule has 0 saturated carbocycles. The lowest BCUT2D eigenvalue weighted by Gasteiger charge is -2.16. The molecule has 110 valence electrons. The number of benzene rings is 1. The molecule has 7 nitrogen and oxygen atoms in total. The van der Waals surface area contributed by atoms with Crippen molar-refractivity contribution >= 4 is 17.5 Å². The fourth-order valence-electron chi connectivity index (χ4n) is 1.97. The second-order valence-corrected chi connectivity index (χ2v) is 4.83. The van der Waals surface area contributed by atoms with Crippen LogP contribution in [0.15, 0.2) is 30.5 Å². The summed E-state index contributed by atoms with van der Waals surface area (Å²) in [6.07, 6.45) is 1.59. The Kier molecular flexibility index (Phi) is 3.93. The average Bonchev–Trinajstić information content (AvgIpc) is 2.77. The Hall–Kier alpha value is -2.83. The largest absolute Gasteiger partial charge is 0.396 e. The van der Waals surface area contributed by atoms with Gasteiger partial charge >= 0.3 is 0 Å². The number of carbonyl (C=O) groups excluding carboxylic acids is 2. The Morgan fingerprint density at radius 3 is 2.38 bits per heavy atom. The molecule has 2 aromatic rings. The Bertz CT molecular complexity index is 675. The van der Waals surface area contributed by atoms with E-state index in [1.54, 1.807) is 44.6 Å². The SMILES string of the molecule is CN(Cc1ccc(C(N)=O)cc1)C(=O)c1nn(C)cc1N. The molecule has 0 aliphatic heterocycles. The minimum atomic E-state index is -0.479. The summed E-state index contributed by atoms with van der Waals surface area (Å²) in [7, 11) is 3.37. The van der Waals surface area contributed by atoms with E-state index in [-0.39, 0.29) is 11.6 Å². The summed E-state index contributed by atoms with van der Waals surface area (Å²) in [4.78, 5) is 24.8. The predicted molar refractivity (Wildman–Crippen MR) is 78.4 cm³/mol. The third-order valence-electron chi connectivity index (χ3n) is 3.06. The molecule has 0 atom stereocenters. The van der Waals surface area contributed by atoms with E-state index in [1.165, 1.54) is 9.58 Å². The standard InChI is InChI=1S/C14H17N5O2/c1-18(14(21)12-11(15)8-19(2)17-12)7-9-3-5-10(6-4-9)13(16)20/h3-6,8H,7,15H2,1-2H3,(H2,16,20). The summed E-state index contributed by atoms with van der Waals surface area (Å²) in [6.45, 7) is 0.383. The van der Waals surface area contributed by atoms with Gasteiger partial charge in [-0.2, -0.15) is 5.10 Å². The van der Waals surface area contributed by atoms with Gasteiger partial charge in [-0.05, 0) is 17.7 Å². The van der Waals surface area contributed by atoms with Crippen molar-refractivity contribution < 1.29 is 9.59 Å². The number of primary amides is 1. The molecule has 0 bridgehead atoms. The molecule has 1 aromatic heterocycles. The van der Waals surface area contributed by atoms with Crippen molar-refractivity contribution in [1.29, 1.82) is 0 Å². The van der Waals surface area contributed by atoms with Crippen LogP contribution < -0.4 is 11.5 Å². The normalized spacial score (nSPS) is 10.4. The Balaban J connectivity index is 2.10. The molecule has 0 fully saturated rings. The highest BCUT2D eigenvalue weighted by Crippen LogP contribution is 2.13. The van der Waals surface area contributed by atoms with E-state index >= 15 is 0 Å². The lowest BCUT2D eigenvalue weighted by Crippen LogP contribution is -2.27. The summed E-state index contributed by atoms with van der Waals surface area (Å²) >= 11 is 0. The molecule has 0 saturated heterocycles. The van der Waals surface area contributed by atoms with Crippen molar-refractivity contribution in [3.63, 3.8) is 0 Å². The number of amides is 2. The first kappa shape index (κ1) is 14.6. The van der Waals surface area contributed by atoms with Gasteiger partial charge in [-0.15, -0.1) is 0 Å². The number of nitrogens with zero attached hydrogens (tertiary/aromatic N) is 3. The maximum atomic E-state index is 12.3. The molecule has 1 heterocycles. The van der Waals surface area contributed by atoms with Crippen molar-refractivity contribution in [3.8, 4) is 0 Å². The molecule has 0 aliphatic rings. The first-order valence-electron chi connectivity index (χ1n) is 6.32. The topological polar surface area (TPSA) is 107 Å². The first-order valence-corrected chi connectivity index (χ1v) is 6.32. The molecule has 0 radical (unpaired) electrons. The van der Waals surface area contributed by atoms with Crippen LogP contribution in [0.3, 0.4) is 0 Å². The van der Waals surface area contributed by atoms with Crippen molar-refractivity contribution in [2.75, 3.05) is 12.8 Å². The van der Waals surface area contributed by atoms with Gasteiger partial charge in [0.15, 0.2) is 5.69 Å². The Morgan fingerprint density at radius 2 is 1.90 bits per heavy atom. The van der Waals surface area contributed by atoms with E-state index < -0.39 is 5.91 Å². The van der Waals surface area contributed by atoms with Gasteiger partial charge in [0.2, 0.25) is 5.91 Å². The maximum Gasteiger partial charge on any atom is 0.276 e. The van der Waals surface area contributed by atoms with Gasteiger partial charge in [-0.1, -0.05) is 12.1 Å². The summed E-state index contributed by atoms with van der Waals surface area (Å²) < 4.78 is 1.50. The third kappa shape index (κ3) is 3.19. The molecule has 1 aromatic carbocycles. The molecule has 0 unspecified atom stereocenters. The van der Waals surface area contributed by atoms with Crippen LogP contribution in [0.25, 0.3) is 0 Å². The summed E-state index contributed by atoms with van der Waals surface area (Å²) in [5, 5.41) is 4.05. The van der Waals surface area contributed by atoms with Gasteiger partial charge in [0.25, 0.3) is 5.91 Å². The molecule has 2 amide bonds. The zero-order valence-corrected chi connectivity index (χ0v) is 11.9. The number of nitrogen functional groups attached to an aromatic ring is 1. The highest BCUT2D eigenvalue weighted by Gasteiger charge is 2.18. The van der Waals surface area contributed by atoms with Crippen LogP contribution in [0.2, 0.25) is 0 Å². The molecule has 4 N–H and O–H groups in total. The van der Waals surface area contributed by atoms with Crippen molar-refractivity contribution in [2.24, 2.45) is 12.8 Å². The number of aromatic nitrogens is 2. The number of hydrogen-bond donors (Lipinski definition) is 2. The van der Waals surface area contributed by atoms with Crippen LogP contribution in [0.4, 0.5) is 5.69 Å². The molecular formula is C14H17N5O2. The Morgan fingerprint density at radius 1 is 1.29 bits per heavy atom. The lowest BCUT2D eigenvalue weighted by atomic mass is 10.1. The van der Waals surface area contributed by atoms with Gasteiger partial charge in [0.05, 0.1) is 5.69 Å². The molecule has 21 heavy (non-hydrogen) atoms. The number of nitrogens with two attached hydrogens (primary N) is 2. The van der Waals surface area contributed by atoms with Crippen LogP contribution >= 0.6 is 0 Å². The minimum absolute atomic E-state index is 0.230. The van der Waals surface area contributed by atoms with E-state index in [2.05, 4.69) is 5.10 Å². The summed E-state index contributed by atoms with van der Waals surface area (Å²) in [5.74, 6) is -0.737. The number of hydrogen-bond acceptors (Lipinski definition) is 4. The summed E-state index contributed by atoms with van der Waals surface area (Å²) in [6, 6.07) is 6.77. The number of anilines is 1. The average molecular weight is 287 g/mol. The fourth-order valence-corrected chi connectivity index (χ4v) is 1.97. The minimum Gasteiger partial charge on any atom is -0.396 e. The zero-order valence-electron chi connectivity index (χ0n) is 11.9. The van der Waals surface area contributed by atoms with Gasteiger partial charge in [-0.3, -0.25) is 14.3 Å². The van der Waals surface area contributed by atoms with Crippen LogP contribution in [0, 0.1) is 0 Å². The van der Waals surface area contributed by atoms with Crippen molar-refractivity contribution in [2.45, 2.75) is 6.54 Å². The number of rotatable bonds is 4. The second kappa shape index (κ2) is 5.66. The van der Waals surface area contributed by atoms with E-state index in [0.29, 0.717) is 17.8 Å². The van der Waals surface area contributed by atoms with E-state index in [4.69, 9.17) is 11.5 Å². The molecule has 0 spiro atoms. The molecule has 2 rings (SSSR count). The zero-order chi connectivity index (χ0) is 15.6.